The van der Waals surface area contributed by atoms with Gasteiger partial charge in [0.05, 0.1) is 7.11 Å². The van der Waals surface area contributed by atoms with Gasteiger partial charge in [0.15, 0.2) is 11.6 Å². The second kappa shape index (κ2) is 4.78. The summed E-state index contributed by atoms with van der Waals surface area (Å²) in [6, 6.07) is 2.10. The van der Waals surface area contributed by atoms with Crippen LogP contribution in [-0.4, -0.2) is 12.6 Å². The summed E-state index contributed by atoms with van der Waals surface area (Å²) in [5, 5.41) is 0. The van der Waals surface area contributed by atoms with Crippen LogP contribution in [0, 0.1) is 11.6 Å². The van der Waals surface area contributed by atoms with E-state index in [0.717, 1.165) is 6.07 Å². The topological polar surface area (TPSA) is 35.2 Å². The van der Waals surface area contributed by atoms with Crippen molar-refractivity contribution in [3.05, 3.63) is 29.3 Å². The Balaban J connectivity index is 2.94. The maximum atomic E-state index is 13.3. The van der Waals surface area contributed by atoms with Crippen molar-refractivity contribution in [1.29, 1.82) is 0 Å². The Kier molecular flexibility index (Phi) is 3.86. The van der Waals surface area contributed by atoms with E-state index in [1.54, 1.807) is 0 Å². The minimum absolute atomic E-state index is 0.102. The summed E-state index contributed by atoms with van der Waals surface area (Å²) in [5.41, 5.74) is 5.97. The van der Waals surface area contributed by atoms with E-state index in [1.165, 1.54) is 13.2 Å². The van der Waals surface area contributed by atoms with E-state index >= 15 is 0 Å². The Morgan fingerprint density at radius 1 is 1.31 bits per heavy atom. The second-order valence-electron chi connectivity index (χ2n) is 4.57. The second-order valence-corrected chi connectivity index (χ2v) is 4.57. The lowest BCUT2D eigenvalue weighted by molar-refractivity contribution is 0.375. The first kappa shape index (κ1) is 12.9. The van der Waals surface area contributed by atoms with Gasteiger partial charge in [-0.15, -0.1) is 0 Å². The number of halogens is 2. The van der Waals surface area contributed by atoms with E-state index in [-0.39, 0.29) is 11.3 Å². The minimum atomic E-state index is -0.674. The van der Waals surface area contributed by atoms with Crippen molar-refractivity contribution in [1.82, 2.24) is 0 Å². The van der Waals surface area contributed by atoms with E-state index < -0.39 is 11.6 Å². The number of aryl methyl sites for hydroxylation is 1. The van der Waals surface area contributed by atoms with Crippen LogP contribution in [0.4, 0.5) is 8.78 Å². The first-order valence-corrected chi connectivity index (χ1v) is 5.14. The zero-order valence-electron chi connectivity index (χ0n) is 9.81. The molecule has 16 heavy (non-hydrogen) atoms. The molecule has 0 spiro atoms. The Hall–Kier alpha value is -1.16. The fourth-order valence-electron chi connectivity index (χ4n) is 1.48. The Labute approximate surface area is 94.4 Å². The van der Waals surface area contributed by atoms with Crippen LogP contribution in [0.1, 0.15) is 25.8 Å². The zero-order chi connectivity index (χ0) is 12.3. The molecule has 0 fully saturated rings. The van der Waals surface area contributed by atoms with Crippen molar-refractivity contribution in [3.8, 4) is 5.75 Å². The lowest BCUT2D eigenvalue weighted by Gasteiger charge is -2.19. The number of hydrogen-bond acceptors (Lipinski definition) is 2. The molecule has 2 nitrogen and oxygen atoms in total. The molecule has 0 aromatic heterocycles. The number of methoxy groups -OCH3 is 1. The predicted octanol–water partition coefficient (Wildman–Crippen LogP) is 2.64. The van der Waals surface area contributed by atoms with Gasteiger partial charge in [-0.2, -0.15) is 0 Å². The van der Waals surface area contributed by atoms with Gasteiger partial charge in [0.2, 0.25) is 0 Å². The average molecular weight is 229 g/mol. The number of hydrogen-bond donors (Lipinski definition) is 1. The molecule has 0 aliphatic heterocycles. The molecule has 0 bridgehead atoms. The maximum Gasteiger partial charge on any atom is 0.168 e. The normalized spacial score (nSPS) is 11.6. The van der Waals surface area contributed by atoms with Crippen LogP contribution in [0.2, 0.25) is 0 Å². The minimum Gasteiger partial charge on any atom is -0.493 e. The van der Waals surface area contributed by atoms with Crippen molar-refractivity contribution in [2.24, 2.45) is 5.73 Å². The molecule has 0 saturated carbocycles. The van der Waals surface area contributed by atoms with E-state index in [2.05, 4.69) is 0 Å². The summed E-state index contributed by atoms with van der Waals surface area (Å²) in [4.78, 5) is 0. The molecule has 0 heterocycles. The highest BCUT2D eigenvalue weighted by Gasteiger charge is 2.16. The summed E-state index contributed by atoms with van der Waals surface area (Å²) in [6.45, 7) is 3.74. The van der Waals surface area contributed by atoms with Crippen molar-refractivity contribution in [2.45, 2.75) is 32.2 Å². The lowest BCUT2D eigenvalue weighted by Crippen LogP contribution is -2.32. The van der Waals surface area contributed by atoms with Crippen molar-refractivity contribution in [2.75, 3.05) is 7.11 Å². The predicted molar refractivity (Wildman–Crippen MR) is 59.5 cm³/mol. The van der Waals surface area contributed by atoms with Crippen LogP contribution in [-0.2, 0) is 6.42 Å². The fourth-order valence-corrected chi connectivity index (χ4v) is 1.48. The van der Waals surface area contributed by atoms with E-state index in [0.29, 0.717) is 18.4 Å². The number of rotatable bonds is 4. The van der Waals surface area contributed by atoms with Crippen molar-refractivity contribution in [3.63, 3.8) is 0 Å². The molecule has 0 radical (unpaired) electrons. The molecule has 0 aliphatic carbocycles. The molecular formula is C12H17F2NO. The van der Waals surface area contributed by atoms with Crippen LogP contribution >= 0.6 is 0 Å². The summed E-state index contributed by atoms with van der Waals surface area (Å²) >= 11 is 0. The summed E-state index contributed by atoms with van der Waals surface area (Å²) in [5.74, 6) is -1.17. The zero-order valence-corrected chi connectivity index (χ0v) is 9.81. The van der Waals surface area contributed by atoms with Gasteiger partial charge in [-0.05, 0) is 32.8 Å². The van der Waals surface area contributed by atoms with Crippen molar-refractivity contribution < 1.29 is 13.5 Å². The van der Waals surface area contributed by atoms with E-state index in [4.69, 9.17) is 10.5 Å². The monoisotopic (exact) mass is 229 g/mol. The first-order chi connectivity index (χ1) is 7.33. The molecule has 0 amide bonds. The molecule has 0 atom stereocenters. The molecule has 4 heteroatoms. The van der Waals surface area contributed by atoms with Gasteiger partial charge in [0.25, 0.3) is 0 Å². The van der Waals surface area contributed by atoms with Gasteiger partial charge in [0, 0.05) is 17.2 Å². The summed E-state index contributed by atoms with van der Waals surface area (Å²) in [6.07, 6.45) is 1.12. The van der Waals surface area contributed by atoms with Gasteiger partial charge in [-0.3, -0.25) is 0 Å². The third-order valence-corrected chi connectivity index (χ3v) is 2.33. The third-order valence-electron chi connectivity index (χ3n) is 2.33. The number of benzene rings is 1. The van der Waals surface area contributed by atoms with Gasteiger partial charge in [-0.1, -0.05) is 0 Å². The summed E-state index contributed by atoms with van der Waals surface area (Å²) in [7, 11) is 1.37. The molecule has 90 valence electrons. The highest BCUT2D eigenvalue weighted by Crippen LogP contribution is 2.26. The first-order valence-electron chi connectivity index (χ1n) is 5.14. The van der Waals surface area contributed by atoms with Crippen LogP contribution in [0.3, 0.4) is 0 Å². The Morgan fingerprint density at radius 2 is 1.94 bits per heavy atom. The Morgan fingerprint density at radius 3 is 2.44 bits per heavy atom. The Bertz CT molecular complexity index is 372. The molecule has 1 aromatic carbocycles. The molecule has 0 aliphatic rings. The lowest BCUT2D eigenvalue weighted by atomic mass is 9.96. The highest BCUT2D eigenvalue weighted by molar-refractivity contribution is 5.35. The summed E-state index contributed by atoms with van der Waals surface area (Å²) < 4.78 is 31.3. The van der Waals surface area contributed by atoms with Crippen molar-refractivity contribution >= 4 is 0 Å². The smallest absolute Gasteiger partial charge is 0.168 e. The van der Waals surface area contributed by atoms with Crippen LogP contribution in [0.25, 0.3) is 0 Å². The van der Waals surface area contributed by atoms with Crippen LogP contribution in [0.5, 0.6) is 5.75 Å². The largest absolute Gasteiger partial charge is 0.493 e. The molecule has 2 N–H and O–H groups in total. The van der Waals surface area contributed by atoms with Crippen LogP contribution < -0.4 is 10.5 Å². The van der Waals surface area contributed by atoms with Gasteiger partial charge in [0.1, 0.15) is 5.82 Å². The molecule has 0 saturated heterocycles. The number of nitrogens with two attached hydrogens (primary N) is 1. The molecule has 0 unspecified atom stereocenters. The van der Waals surface area contributed by atoms with E-state index in [9.17, 15) is 8.78 Å². The van der Waals surface area contributed by atoms with Crippen LogP contribution in [0.15, 0.2) is 12.1 Å². The highest BCUT2D eigenvalue weighted by atomic mass is 19.1. The third kappa shape index (κ3) is 3.45. The SMILES string of the molecule is COc1c(F)cc(F)cc1CCC(C)(C)N. The quantitative estimate of drug-likeness (QED) is 0.861. The van der Waals surface area contributed by atoms with Gasteiger partial charge in [-0.25, -0.2) is 8.78 Å². The number of ether oxygens (including phenoxy) is 1. The average Bonchev–Trinajstić information content (AvgIpc) is 2.12. The van der Waals surface area contributed by atoms with Gasteiger partial charge >= 0.3 is 0 Å². The fraction of sp³-hybridized carbons (Fsp3) is 0.500. The molecular weight excluding hydrogens is 212 g/mol. The van der Waals surface area contributed by atoms with Gasteiger partial charge < -0.3 is 10.5 Å². The van der Waals surface area contributed by atoms with E-state index in [1.807, 2.05) is 13.8 Å². The standard InChI is InChI=1S/C12H17F2NO/c1-12(2,15)5-4-8-6-9(13)7-10(14)11(8)16-3/h6-7H,4-5,15H2,1-3H3. The molecule has 1 rings (SSSR count). The maximum absolute atomic E-state index is 13.3. The molecule has 1 aromatic rings.